The van der Waals surface area contributed by atoms with E-state index < -0.39 is 17.4 Å². The molecule has 0 saturated heterocycles. The molecule has 0 aromatic carbocycles. The van der Waals surface area contributed by atoms with Crippen molar-refractivity contribution < 1.29 is 14.3 Å². The van der Waals surface area contributed by atoms with Gasteiger partial charge in [-0.3, -0.25) is 9.59 Å². The van der Waals surface area contributed by atoms with Crippen LogP contribution in [-0.2, 0) is 18.8 Å². The molecule has 2 rings (SSSR count). The molecule has 0 aliphatic heterocycles. The molecule has 0 spiro atoms. The number of nitrogens with zero attached hydrogens (tertiary/aromatic N) is 3. The van der Waals surface area contributed by atoms with Crippen LogP contribution in [0.15, 0.2) is 17.1 Å². The molecule has 128 valence electrons. The van der Waals surface area contributed by atoms with Crippen molar-refractivity contribution in [3.63, 3.8) is 0 Å². The highest BCUT2D eigenvalue weighted by Crippen LogP contribution is 2.16. The van der Waals surface area contributed by atoms with Gasteiger partial charge in [-0.05, 0) is 32.4 Å². The third-order valence-corrected chi connectivity index (χ3v) is 3.70. The molecule has 8 heteroatoms. The molecule has 2 aromatic heterocycles. The number of rotatable bonds is 4. The summed E-state index contributed by atoms with van der Waals surface area (Å²) in [5.41, 5.74) is 1.40. The second kappa shape index (κ2) is 6.69. The Hall–Kier alpha value is -2.90. The van der Waals surface area contributed by atoms with E-state index in [4.69, 9.17) is 4.74 Å². The van der Waals surface area contributed by atoms with Gasteiger partial charge in [0.1, 0.15) is 11.3 Å². The van der Waals surface area contributed by atoms with Gasteiger partial charge in [0.15, 0.2) is 0 Å². The minimum atomic E-state index is -0.542. The molecule has 0 bridgehead atoms. The first-order valence-corrected chi connectivity index (χ1v) is 7.45. The number of hydrogen-bond donors (Lipinski definition) is 1. The Morgan fingerprint density at radius 2 is 1.96 bits per heavy atom. The van der Waals surface area contributed by atoms with Gasteiger partial charge < -0.3 is 14.6 Å². The zero-order chi connectivity index (χ0) is 18.0. The minimum absolute atomic E-state index is 0.0338. The number of esters is 1. The summed E-state index contributed by atoms with van der Waals surface area (Å²) in [6, 6.07) is 1.50. The Bertz CT molecular complexity index is 864. The van der Waals surface area contributed by atoms with Gasteiger partial charge in [-0.2, -0.15) is 5.10 Å². The molecule has 0 aliphatic carbocycles. The van der Waals surface area contributed by atoms with E-state index in [1.54, 1.807) is 38.6 Å². The highest BCUT2D eigenvalue weighted by molar-refractivity contribution is 6.05. The molecule has 1 amide bonds. The predicted molar refractivity (Wildman–Crippen MR) is 88.3 cm³/mol. The van der Waals surface area contributed by atoms with Gasteiger partial charge in [-0.1, -0.05) is 0 Å². The van der Waals surface area contributed by atoms with Crippen molar-refractivity contribution in [3.05, 3.63) is 45.1 Å². The standard InChI is InChI=1S/C16H20N4O4/c1-6-24-16(23)12-7-11(8-19(12)4)17-14(21)13-9(2)10(3)18-20(5)15(13)22/h7-8H,6H2,1-5H3,(H,17,21). The first-order valence-electron chi connectivity index (χ1n) is 7.45. The van der Waals surface area contributed by atoms with Gasteiger partial charge in [0.05, 0.1) is 18.0 Å². The Balaban J connectivity index is 2.34. The fourth-order valence-corrected chi connectivity index (χ4v) is 2.35. The number of aryl methyl sites for hydroxylation is 3. The fraction of sp³-hybridized carbons (Fsp3) is 0.375. The summed E-state index contributed by atoms with van der Waals surface area (Å²) in [7, 11) is 3.16. The second-order valence-electron chi connectivity index (χ2n) is 5.41. The minimum Gasteiger partial charge on any atom is -0.461 e. The molecule has 1 N–H and O–H groups in total. The fourth-order valence-electron chi connectivity index (χ4n) is 2.35. The maximum absolute atomic E-state index is 12.5. The first kappa shape index (κ1) is 17.5. The van der Waals surface area contributed by atoms with Crippen LogP contribution in [-0.4, -0.2) is 32.8 Å². The summed E-state index contributed by atoms with van der Waals surface area (Å²) in [5.74, 6) is -1.02. The third kappa shape index (κ3) is 3.22. The van der Waals surface area contributed by atoms with Crippen LogP contribution in [0.1, 0.15) is 39.0 Å². The lowest BCUT2D eigenvalue weighted by Gasteiger charge is -2.09. The predicted octanol–water partition coefficient (Wildman–Crippen LogP) is 1.16. The number of aromatic nitrogens is 3. The van der Waals surface area contributed by atoms with Crippen LogP contribution in [0, 0.1) is 13.8 Å². The molecule has 0 fully saturated rings. The van der Waals surface area contributed by atoms with Crippen LogP contribution in [0.5, 0.6) is 0 Å². The molecule has 8 nitrogen and oxygen atoms in total. The van der Waals surface area contributed by atoms with E-state index in [1.807, 2.05) is 0 Å². The largest absolute Gasteiger partial charge is 0.461 e. The SMILES string of the molecule is CCOC(=O)c1cc(NC(=O)c2c(C)c(C)nn(C)c2=O)cn1C. The van der Waals surface area contributed by atoms with E-state index in [0.717, 1.165) is 4.68 Å². The average Bonchev–Trinajstić information content (AvgIpc) is 2.86. The van der Waals surface area contributed by atoms with Crippen molar-refractivity contribution in [1.29, 1.82) is 0 Å². The van der Waals surface area contributed by atoms with Crippen molar-refractivity contribution in [2.45, 2.75) is 20.8 Å². The third-order valence-electron chi connectivity index (χ3n) is 3.70. The highest BCUT2D eigenvalue weighted by atomic mass is 16.5. The van der Waals surface area contributed by atoms with Gasteiger partial charge >= 0.3 is 5.97 Å². The lowest BCUT2D eigenvalue weighted by Crippen LogP contribution is -2.31. The van der Waals surface area contributed by atoms with E-state index in [0.29, 0.717) is 22.6 Å². The van der Waals surface area contributed by atoms with Crippen LogP contribution in [0.2, 0.25) is 0 Å². The molecule has 0 aliphatic rings. The van der Waals surface area contributed by atoms with Gasteiger partial charge in [0.2, 0.25) is 0 Å². The smallest absolute Gasteiger partial charge is 0.355 e. The van der Waals surface area contributed by atoms with E-state index in [1.165, 1.54) is 13.1 Å². The molecule has 0 saturated carbocycles. The summed E-state index contributed by atoms with van der Waals surface area (Å²) in [6.45, 7) is 5.38. The summed E-state index contributed by atoms with van der Waals surface area (Å²) < 4.78 is 7.63. The van der Waals surface area contributed by atoms with Crippen LogP contribution >= 0.6 is 0 Å². The molecule has 2 aromatic rings. The number of nitrogens with one attached hydrogen (secondary N) is 1. The van der Waals surface area contributed by atoms with Crippen molar-refractivity contribution in [1.82, 2.24) is 14.3 Å². The van der Waals surface area contributed by atoms with E-state index in [2.05, 4.69) is 10.4 Å². The number of hydrogen-bond acceptors (Lipinski definition) is 5. The van der Waals surface area contributed by atoms with Gasteiger partial charge in [0, 0.05) is 20.3 Å². The number of carbonyl (C=O) groups excluding carboxylic acids is 2. The molecule has 0 radical (unpaired) electrons. The van der Waals surface area contributed by atoms with Crippen molar-refractivity contribution in [2.75, 3.05) is 11.9 Å². The lowest BCUT2D eigenvalue weighted by molar-refractivity contribution is 0.0515. The number of ether oxygens (including phenoxy) is 1. The normalized spacial score (nSPS) is 10.5. The Kier molecular flexibility index (Phi) is 4.87. The van der Waals surface area contributed by atoms with Gasteiger partial charge in [0.25, 0.3) is 11.5 Å². The summed E-state index contributed by atoms with van der Waals surface area (Å²) >= 11 is 0. The summed E-state index contributed by atoms with van der Waals surface area (Å²) in [5, 5.41) is 6.69. The maximum atomic E-state index is 12.5. The van der Waals surface area contributed by atoms with Crippen molar-refractivity contribution in [3.8, 4) is 0 Å². The summed E-state index contributed by atoms with van der Waals surface area (Å²) in [4.78, 5) is 36.5. The zero-order valence-electron chi connectivity index (χ0n) is 14.3. The van der Waals surface area contributed by atoms with Gasteiger partial charge in [-0.25, -0.2) is 9.48 Å². The first-order chi connectivity index (χ1) is 11.3. The molecular weight excluding hydrogens is 312 g/mol. The topological polar surface area (TPSA) is 95.2 Å². The highest BCUT2D eigenvalue weighted by Gasteiger charge is 2.20. The van der Waals surface area contributed by atoms with E-state index >= 15 is 0 Å². The Morgan fingerprint density at radius 1 is 1.29 bits per heavy atom. The summed E-state index contributed by atoms with van der Waals surface area (Å²) in [6.07, 6.45) is 1.58. The van der Waals surface area contributed by atoms with Crippen LogP contribution < -0.4 is 10.9 Å². The molecule has 2 heterocycles. The van der Waals surface area contributed by atoms with Crippen LogP contribution in [0.25, 0.3) is 0 Å². The molecule has 0 atom stereocenters. The van der Waals surface area contributed by atoms with Crippen LogP contribution in [0.4, 0.5) is 5.69 Å². The molecule has 24 heavy (non-hydrogen) atoms. The van der Waals surface area contributed by atoms with Crippen LogP contribution in [0.3, 0.4) is 0 Å². The number of amides is 1. The molecule has 0 unspecified atom stereocenters. The average molecular weight is 332 g/mol. The number of carbonyl (C=O) groups is 2. The van der Waals surface area contributed by atoms with E-state index in [9.17, 15) is 14.4 Å². The number of anilines is 1. The quantitative estimate of drug-likeness (QED) is 0.848. The van der Waals surface area contributed by atoms with Crippen molar-refractivity contribution in [2.24, 2.45) is 14.1 Å². The lowest BCUT2D eigenvalue weighted by atomic mass is 10.1. The maximum Gasteiger partial charge on any atom is 0.355 e. The second-order valence-corrected chi connectivity index (χ2v) is 5.41. The zero-order valence-corrected chi connectivity index (χ0v) is 14.3. The van der Waals surface area contributed by atoms with Crippen molar-refractivity contribution >= 4 is 17.6 Å². The Morgan fingerprint density at radius 3 is 2.58 bits per heavy atom. The Labute approximate surface area is 139 Å². The monoisotopic (exact) mass is 332 g/mol. The molecular formula is C16H20N4O4. The van der Waals surface area contributed by atoms with Gasteiger partial charge in [-0.15, -0.1) is 0 Å². The van der Waals surface area contributed by atoms with E-state index in [-0.39, 0.29) is 12.2 Å².